The molecule has 1 aromatic carbocycles. The van der Waals surface area contributed by atoms with E-state index in [2.05, 4.69) is 4.74 Å². The summed E-state index contributed by atoms with van der Waals surface area (Å²) < 4.78 is 28.8. The number of nitrogens with zero attached hydrogens (tertiary/aromatic N) is 1. The van der Waals surface area contributed by atoms with Gasteiger partial charge in [-0.25, -0.2) is 0 Å². The molecule has 0 spiro atoms. The van der Waals surface area contributed by atoms with Gasteiger partial charge in [-0.05, 0) is 18.6 Å². The van der Waals surface area contributed by atoms with E-state index in [-0.39, 0.29) is 11.7 Å². The Kier molecular flexibility index (Phi) is 3.23. The average molecular weight is 242 g/mol. The summed E-state index contributed by atoms with van der Waals surface area (Å²) >= 11 is 0. The van der Waals surface area contributed by atoms with Crippen LogP contribution in [0.4, 0.5) is 14.5 Å². The molecule has 1 aromatic rings. The summed E-state index contributed by atoms with van der Waals surface area (Å²) in [6.45, 7) is -2.49. The summed E-state index contributed by atoms with van der Waals surface area (Å²) in [4.78, 5) is 13.1. The lowest BCUT2D eigenvalue weighted by molar-refractivity contribution is -0.118. The monoisotopic (exact) mass is 242 g/mol. The van der Waals surface area contributed by atoms with Crippen molar-refractivity contribution >= 4 is 11.6 Å². The fourth-order valence-electron chi connectivity index (χ4n) is 1.82. The molecule has 0 unspecified atom stereocenters. The molecule has 0 aliphatic carbocycles. The molecule has 92 valence electrons. The quantitative estimate of drug-likeness (QED) is 0.870. The van der Waals surface area contributed by atoms with Crippen LogP contribution in [-0.2, 0) is 4.79 Å². The van der Waals surface area contributed by atoms with Crippen LogP contribution in [0.1, 0.15) is 6.42 Å². The van der Waals surface area contributed by atoms with Crippen LogP contribution in [0.3, 0.4) is 0 Å². The van der Waals surface area contributed by atoms with Crippen molar-refractivity contribution in [3.63, 3.8) is 0 Å². The van der Waals surface area contributed by atoms with Gasteiger partial charge in [0.25, 0.3) is 0 Å². The molecule has 0 bridgehead atoms. The van der Waals surface area contributed by atoms with Crippen molar-refractivity contribution in [1.29, 1.82) is 0 Å². The predicted octanol–water partition coefficient (Wildman–Crippen LogP) is 1.35. The molecular weight excluding hydrogens is 230 g/mol. The first-order chi connectivity index (χ1) is 8.09. The molecule has 1 heterocycles. The van der Waals surface area contributed by atoms with Gasteiger partial charge in [0.05, 0.1) is 11.7 Å². The molecule has 0 saturated carbocycles. The van der Waals surface area contributed by atoms with Gasteiger partial charge in [-0.1, -0.05) is 12.1 Å². The molecule has 2 N–H and O–H groups in total. The van der Waals surface area contributed by atoms with E-state index in [1.165, 1.54) is 11.0 Å². The lowest BCUT2D eigenvalue weighted by Gasteiger charge is -2.19. The average Bonchev–Trinajstić information content (AvgIpc) is 2.60. The van der Waals surface area contributed by atoms with Gasteiger partial charge in [0.2, 0.25) is 5.91 Å². The highest BCUT2D eigenvalue weighted by Gasteiger charge is 2.31. The first-order valence-electron chi connectivity index (χ1n) is 5.20. The Morgan fingerprint density at radius 3 is 2.71 bits per heavy atom. The number of amides is 1. The first kappa shape index (κ1) is 11.8. The molecular formula is C11H12F2N2O2. The molecule has 1 saturated heterocycles. The van der Waals surface area contributed by atoms with Gasteiger partial charge in [0, 0.05) is 6.54 Å². The van der Waals surface area contributed by atoms with Gasteiger partial charge >= 0.3 is 6.61 Å². The van der Waals surface area contributed by atoms with Gasteiger partial charge < -0.3 is 15.4 Å². The number of hydrogen-bond donors (Lipinski definition) is 1. The Labute approximate surface area is 97.0 Å². The van der Waals surface area contributed by atoms with Crippen molar-refractivity contribution in [2.75, 3.05) is 11.4 Å². The third-order valence-electron chi connectivity index (χ3n) is 2.62. The van der Waals surface area contributed by atoms with Gasteiger partial charge in [0.1, 0.15) is 5.75 Å². The van der Waals surface area contributed by atoms with Crippen LogP contribution in [0.15, 0.2) is 24.3 Å². The van der Waals surface area contributed by atoms with E-state index in [1.807, 2.05) is 0 Å². The third kappa shape index (κ3) is 2.36. The van der Waals surface area contributed by atoms with Gasteiger partial charge in [0.15, 0.2) is 0 Å². The summed E-state index contributed by atoms with van der Waals surface area (Å²) in [5, 5.41) is 0. The van der Waals surface area contributed by atoms with Crippen molar-refractivity contribution in [3.8, 4) is 5.75 Å². The predicted molar refractivity (Wildman–Crippen MR) is 58.0 cm³/mol. The van der Waals surface area contributed by atoms with Gasteiger partial charge in [-0.2, -0.15) is 8.78 Å². The Morgan fingerprint density at radius 1 is 1.41 bits per heavy atom. The summed E-state index contributed by atoms with van der Waals surface area (Å²) in [7, 11) is 0. The van der Waals surface area contributed by atoms with Crippen LogP contribution in [-0.4, -0.2) is 25.1 Å². The van der Waals surface area contributed by atoms with Crippen LogP contribution in [0.2, 0.25) is 0 Å². The van der Waals surface area contributed by atoms with Crippen molar-refractivity contribution in [3.05, 3.63) is 24.3 Å². The second kappa shape index (κ2) is 4.67. The van der Waals surface area contributed by atoms with Crippen LogP contribution in [0, 0.1) is 0 Å². The van der Waals surface area contributed by atoms with Crippen molar-refractivity contribution in [2.45, 2.75) is 19.1 Å². The molecule has 1 aliphatic rings. The summed E-state index contributed by atoms with van der Waals surface area (Å²) in [5.74, 6) is -0.278. The van der Waals surface area contributed by atoms with Crippen molar-refractivity contribution in [2.24, 2.45) is 5.73 Å². The number of nitrogens with two attached hydrogens (primary N) is 1. The zero-order valence-electron chi connectivity index (χ0n) is 8.98. The number of carbonyl (C=O) groups is 1. The summed E-state index contributed by atoms with van der Waals surface area (Å²) in [6, 6.07) is 5.63. The number of rotatable bonds is 3. The highest BCUT2D eigenvalue weighted by atomic mass is 19.3. The molecule has 1 fully saturated rings. The second-order valence-electron chi connectivity index (χ2n) is 3.73. The smallest absolute Gasteiger partial charge is 0.387 e. The maximum atomic E-state index is 12.2. The Balaban J connectivity index is 2.29. The van der Waals surface area contributed by atoms with Crippen LogP contribution < -0.4 is 15.4 Å². The molecule has 4 nitrogen and oxygen atoms in total. The first-order valence-corrected chi connectivity index (χ1v) is 5.20. The lowest BCUT2D eigenvalue weighted by Crippen LogP contribution is -2.34. The van der Waals surface area contributed by atoms with E-state index in [0.717, 1.165) is 0 Å². The number of alkyl halides is 2. The fourth-order valence-corrected chi connectivity index (χ4v) is 1.82. The van der Waals surface area contributed by atoms with E-state index < -0.39 is 12.7 Å². The lowest BCUT2D eigenvalue weighted by atomic mass is 10.2. The fraction of sp³-hybridized carbons (Fsp3) is 0.364. The third-order valence-corrected chi connectivity index (χ3v) is 2.62. The van der Waals surface area contributed by atoms with E-state index in [4.69, 9.17) is 5.73 Å². The Hall–Kier alpha value is -1.69. The topological polar surface area (TPSA) is 55.6 Å². The van der Waals surface area contributed by atoms with Crippen LogP contribution in [0.5, 0.6) is 5.75 Å². The van der Waals surface area contributed by atoms with Gasteiger partial charge in [-0.15, -0.1) is 0 Å². The number of benzene rings is 1. The van der Waals surface area contributed by atoms with E-state index in [9.17, 15) is 13.6 Å². The maximum Gasteiger partial charge on any atom is 0.387 e. The minimum atomic E-state index is -2.91. The summed E-state index contributed by atoms with van der Waals surface area (Å²) in [5.41, 5.74) is 5.92. The van der Waals surface area contributed by atoms with E-state index in [1.54, 1.807) is 18.2 Å². The van der Waals surface area contributed by atoms with Gasteiger partial charge in [-0.3, -0.25) is 4.79 Å². The zero-order chi connectivity index (χ0) is 12.4. The molecule has 6 heteroatoms. The zero-order valence-corrected chi connectivity index (χ0v) is 8.98. The van der Waals surface area contributed by atoms with Crippen LogP contribution >= 0.6 is 0 Å². The standard InChI is InChI=1S/C11H12F2N2O2/c12-11(13)17-9-4-2-1-3-8(9)15-6-5-7(14)10(15)16/h1-4,7,11H,5-6,14H2/t7-/m0/s1. The molecule has 2 rings (SSSR count). The number of carbonyl (C=O) groups excluding carboxylic acids is 1. The number of anilines is 1. The van der Waals surface area contributed by atoms with E-state index in [0.29, 0.717) is 18.7 Å². The maximum absolute atomic E-state index is 12.2. The SMILES string of the molecule is N[C@H]1CCN(c2ccccc2OC(F)F)C1=O. The minimum Gasteiger partial charge on any atom is -0.433 e. The number of para-hydroxylation sites is 2. The minimum absolute atomic E-state index is 0.00931. The second-order valence-corrected chi connectivity index (χ2v) is 3.73. The molecule has 0 aromatic heterocycles. The normalized spacial score (nSPS) is 20.1. The highest BCUT2D eigenvalue weighted by Crippen LogP contribution is 2.31. The molecule has 1 aliphatic heterocycles. The van der Waals surface area contributed by atoms with Crippen molar-refractivity contribution < 1.29 is 18.3 Å². The molecule has 1 amide bonds. The summed E-state index contributed by atoms with van der Waals surface area (Å²) in [6.07, 6.45) is 0.516. The van der Waals surface area contributed by atoms with Crippen LogP contribution in [0.25, 0.3) is 0 Å². The molecule has 0 radical (unpaired) electrons. The Morgan fingerprint density at radius 2 is 2.12 bits per heavy atom. The van der Waals surface area contributed by atoms with Crippen molar-refractivity contribution in [1.82, 2.24) is 0 Å². The largest absolute Gasteiger partial charge is 0.433 e. The number of halogens is 2. The molecule has 17 heavy (non-hydrogen) atoms. The molecule has 1 atom stereocenters. The Bertz CT molecular complexity index is 426. The highest BCUT2D eigenvalue weighted by molar-refractivity contribution is 6.00. The number of ether oxygens (including phenoxy) is 1. The number of hydrogen-bond acceptors (Lipinski definition) is 3. The van der Waals surface area contributed by atoms with E-state index >= 15 is 0 Å².